The van der Waals surface area contributed by atoms with E-state index in [1.54, 1.807) is 34.6 Å². The fourth-order valence-electron chi connectivity index (χ4n) is 6.53. The first-order valence-electron chi connectivity index (χ1n) is 24.2. The van der Waals surface area contributed by atoms with Crippen LogP contribution in [0.15, 0.2) is 90.7 Å². The minimum atomic E-state index is -1.71. The molecule has 0 radical (unpaired) electrons. The van der Waals surface area contributed by atoms with Crippen LogP contribution in [0.25, 0.3) is 0 Å². The number of benzene rings is 4. The van der Waals surface area contributed by atoms with E-state index < -0.39 is 61.2 Å². The van der Waals surface area contributed by atoms with E-state index >= 15 is 0 Å². The van der Waals surface area contributed by atoms with Crippen molar-refractivity contribution in [3.05, 3.63) is 144 Å². The van der Waals surface area contributed by atoms with Crippen LogP contribution in [0.2, 0.25) is 0 Å². The fraction of sp³-hybridized carbons (Fsp3) is 0.462. The number of hydrogen-bond donors (Lipinski definition) is 3. The van der Waals surface area contributed by atoms with Crippen LogP contribution in [0.3, 0.4) is 0 Å². The number of anilines is 1. The molecule has 29 heteroatoms. The van der Waals surface area contributed by atoms with Gasteiger partial charge >= 0.3 is 42.7 Å². The van der Waals surface area contributed by atoms with Gasteiger partial charge in [0.15, 0.2) is 28.7 Å². The molecule has 2 aliphatic rings. The average molecular weight is 1410 g/mol. The molecule has 2 saturated heterocycles. The van der Waals surface area contributed by atoms with Gasteiger partial charge in [0.1, 0.15) is 5.82 Å². The molecule has 6 rings (SSSR count). The van der Waals surface area contributed by atoms with Crippen molar-refractivity contribution >= 4 is 128 Å². The van der Waals surface area contributed by atoms with Crippen molar-refractivity contribution in [3.8, 4) is 0 Å². The number of non-ortho nitro benzene ring substituents is 3. The van der Waals surface area contributed by atoms with Gasteiger partial charge in [-0.2, -0.15) is 0 Å². The van der Waals surface area contributed by atoms with Gasteiger partial charge in [0, 0.05) is 79.5 Å². The molecule has 22 nitrogen and oxygen atoms in total. The van der Waals surface area contributed by atoms with E-state index in [2.05, 4.69) is 86.2 Å². The molecule has 444 valence electrons. The Labute approximate surface area is 526 Å². The van der Waals surface area contributed by atoms with E-state index in [1.165, 1.54) is 68.7 Å². The summed E-state index contributed by atoms with van der Waals surface area (Å²) in [5, 5.41) is 49.9. The maximum absolute atomic E-state index is 12.5. The molecule has 81 heavy (non-hydrogen) atoms. The molecule has 0 unspecified atom stereocenters. The van der Waals surface area contributed by atoms with Gasteiger partial charge < -0.3 is 45.8 Å². The van der Waals surface area contributed by atoms with Crippen molar-refractivity contribution in [2.45, 2.75) is 84.5 Å². The third-order valence-electron chi connectivity index (χ3n) is 11.3. The zero-order valence-corrected chi connectivity index (χ0v) is 52.1. The number of nitrogens with two attached hydrogens (primary N) is 1. The van der Waals surface area contributed by atoms with Crippen LogP contribution in [-0.2, 0) is 63.8 Å². The molecule has 0 aliphatic carbocycles. The summed E-state index contributed by atoms with van der Waals surface area (Å²) in [5.41, 5.74) is 5.96. The van der Waals surface area contributed by atoms with Crippen LogP contribution >= 0.6 is 63.7 Å². The summed E-state index contributed by atoms with van der Waals surface area (Å²) < 4.78 is 43.8. The Bertz CT molecular complexity index is 2670. The number of halogens is 5. The van der Waals surface area contributed by atoms with Crippen molar-refractivity contribution in [3.63, 3.8) is 0 Å². The number of nitrogens with zero attached hydrogens (tertiary/aromatic N) is 3. The van der Waals surface area contributed by atoms with Gasteiger partial charge in [-0.05, 0) is 111 Å². The SMILES string of the molecule is C1CCOC1.CC(CO)(CO)c1ccc([N+](=O)[O-])cc1Br.CC1(c2ccc(N)cc2Br)COC1.CCOC(=O)C(C)(C(=O)OCC)c1ccc([N+](=O)[O-])cc1Br.CCOC(=O)C(C)C(=O)OCC.O=[N+]([O-])c1ccc(F)c(Br)c1.[AlH3].[H-].[Li+]. The smallest absolute Gasteiger partial charge is 1.00 e. The number of nitro groups is 3. The topological polar surface area (TPSA) is 320 Å². The molecule has 0 amide bonds. The molecule has 4 aromatic rings. The average Bonchev–Trinajstić information content (AvgIpc) is 4.00. The number of nitrogen functional groups attached to an aromatic ring is 1. The summed E-state index contributed by atoms with van der Waals surface area (Å²) in [4.78, 5) is 76.2. The van der Waals surface area contributed by atoms with Crippen molar-refractivity contribution in [2.75, 3.05) is 71.8 Å². The Balaban J connectivity index is -0.000000939. The Kier molecular flexibility index (Phi) is 38.0. The van der Waals surface area contributed by atoms with E-state index in [9.17, 15) is 64.1 Å². The number of aliphatic hydroxyl groups excluding tert-OH is 2. The van der Waals surface area contributed by atoms with Crippen LogP contribution in [0, 0.1) is 42.1 Å². The standard InChI is InChI=1S/C14H16BrNO6.C10H12BrNO4.C10H12BrNO.C8H14O4.C6H3BrFNO2.C4H8O.Al.Li.4H/c1-4-21-12(17)14(3,13(18)22-5-2)10-7-6-9(16(19)20)8-11(10)15;1-10(5-13,6-14)8-3-2-7(12(15)16)4-9(8)11;1-10(5-13-6-10)8-3-2-7(12)4-9(8)11;1-4-11-7(9)6(3)8(10)12-5-2;7-5-3-4(9(10)11)1-2-6(5)8;1-2-4-5-3-1;;;;;;/h6-8H,4-5H2,1-3H3;2-4,13-14H,5-6H2,1H3;2-4H,5-6,12H2,1H3;6H,4-5H2,1-3H3;1-3H;1-4H2;;;;;;/q;;;;;;;+1;;;;-1. The van der Waals surface area contributed by atoms with Gasteiger partial charge in [0.2, 0.25) is 0 Å². The summed E-state index contributed by atoms with van der Waals surface area (Å²) in [7, 11) is 0. The molecule has 2 aliphatic heterocycles. The summed E-state index contributed by atoms with van der Waals surface area (Å²) in [6, 6.07) is 17.3. The number of esters is 4. The van der Waals surface area contributed by atoms with Crippen LogP contribution < -0.4 is 24.6 Å². The number of hydrogen-bond acceptors (Lipinski definition) is 19. The van der Waals surface area contributed by atoms with Crippen molar-refractivity contribution in [1.82, 2.24) is 0 Å². The van der Waals surface area contributed by atoms with E-state index in [1.807, 2.05) is 12.1 Å². The molecule has 0 aromatic heterocycles. The van der Waals surface area contributed by atoms with Gasteiger partial charge in [0.05, 0.1) is 72.1 Å². The number of nitro benzene ring substituents is 3. The monoisotopic (exact) mass is 1410 g/mol. The predicted molar refractivity (Wildman–Crippen MR) is 315 cm³/mol. The first kappa shape index (κ1) is 78.6. The molecular formula is C52H69AlBr4FLiN4O18. The Morgan fingerprint density at radius 3 is 1.37 bits per heavy atom. The van der Waals surface area contributed by atoms with Crippen LogP contribution in [0.4, 0.5) is 27.1 Å². The van der Waals surface area contributed by atoms with Gasteiger partial charge in [-0.3, -0.25) is 49.5 Å². The Hall–Kier alpha value is -4.42. The van der Waals surface area contributed by atoms with E-state index in [0.717, 1.165) is 54.8 Å². The second kappa shape index (κ2) is 39.2. The summed E-state index contributed by atoms with van der Waals surface area (Å²) in [6.07, 6.45) is 2.56. The predicted octanol–water partition coefficient (Wildman–Crippen LogP) is 6.63. The van der Waals surface area contributed by atoms with E-state index in [-0.39, 0.29) is 114 Å². The Morgan fingerprint density at radius 2 is 1.06 bits per heavy atom. The third kappa shape index (κ3) is 24.8. The molecular weight excluding hydrogens is 1340 g/mol. The number of rotatable bonds is 16. The molecule has 0 bridgehead atoms. The second-order valence-corrected chi connectivity index (χ2v) is 20.9. The summed E-state index contributed by atoms with van der Waals surface area (Å²) in [6.45, 7) is 17.2. The van der Waals surface area contributed by atoms with Crippen molar-refractivity contribution in [1.29, 1.82) is 0 Å². The van der Waals surface area contributed by atoms with Gasteiger partial charge in [-0.25, -0.2) is 4.39 Å². The molecule has 0 saturated carbocycles. The van der Waals surface area contributed by atoms with E-state index in [0.29, 0.717) is 10.0 Å². The summed E-state index contributed by atoms with van der Waals surface area (Å²) in [5.74, 6) is -3.93. The zero-order valence-electron chi connectivity index (χ0n) is 46.7. The molecule has 4 aromatic carbocycles. The third-order valence-corrected chi connectivity index (χ3v) is 13.9. The van der Waals surface area contributed by atoms with Crippen molar-refractivity contribution in [2.24, 2.45) is 5.92 Å². The molecule has 4 N–H and O–H groups in total. The second-order valence-electron chi connectivity index (χ2n) is 17.5. The maximum atomic E-state index is 12.5. The Morgan fingerprint density at radius 1 is 0.667 bits per heavy atom. The fourth-order valence-corrected chi connectivity index (χ4v) is 9.38. The van der Waals surface area contributed by atoms with Crippen LogP contribution in [-0.4, -0.2) is 132 Å². The van der Waals surface area contributed by atoms with Crippen molar-refractivity contribution < 1.29 is 97.3 Å². The largest absolute Gasteiger partial charge is 1.00 e. The maximum Gasteiger partial charge on any atom is 1.00 e. The van der Waals surface area contributed by atoms with E-state index in [4.69, 9.17) is 24.7 Å². The van der Waals surface area contributed by atoms with Gasteiger partial charge in [0.25, 0.3) is 17.1 Å². The molecule has 2 heterocycles. The normalized spacial score (nSPS) is 12.6. The number of ether oxygens (including phenoxy) is 6. The minimum Gasteiger partial charge on any atom is -1.00 e. The van der Waals surface area contributed by atoms with Gasteiger partial charge in [-0.1, -0.05) is 73.8 Å². The first-order valence-corrected chi connectivity index (χ1v) is 27.3. The van der Waals surface area contributed by atoms with Gasteiger partial charge in [-0.15, -0.1) is 0 Å². The molecule has 0 atom stereocenters. The minimum absolute atomic E-state index is 0. The quantitative estimate of drug-likeness (QED) is 0.0201. The number of carbonyl (C=O) groups is 4. The van der Waals surface area contributed by atoms with Crippen LogP contribution in [0.1, 0.15) is 86.3 Å². The summed E-state index contributed by atoms with van der Waals surface area (Å²) >= 11 is 12.7. The number of aliphatic hydroxyl groups is 2. The van der Waals surface area contributed by atoms with Crippen LogP contribution in [0.5, 0.6) is 0 Å². The number of carbonyl (C=O) groups excluding carboxylic acids is 4. The zero-order chi connectivity index (χ0) is 60.3. The molecule has 0 spiro atoms. The first-order chi connectivity index (χ1) is 37.1. The molecule has 2 fully saturated rings.